The fraction of sp³-hybridized carbons (Fsp3) is 0.562. The highest BCUT2D eigenvalue weighted by molar-refractivity contribution is 9.10. The van der Waals surface area contributed by atoms with E-state index in [9.17, 15) is 9.18 Å². The van der Waals surface area contributed by atoms with E-state index in [2.05, 4.69) is 29.8 Å². The maximum absolute atomic E-state index is 13.4. The molecule has 0 bridgehead atoms. The van der Waals surface area contributed by atoms with Crippen LogP contribution in [0.1, 0.15) is 38.7 Å². The molecule has 1 amide bonds. The van der Waals surface area contributed by atoms with E-state index in [0.29, 0.717) is 24.8 Å². The Morgan fingerprint density at radius 3 is 2.75 bits per heavy atom. The molecule has 0 N–H and O–H groups in total. The van der Waals surface area contributed by atoms with Crippen LogP contribution in [-0.2, 0) is 11.3 Å². The Hall–Kier alpha value is -0.900. The summed E-state index contributed by atoms with van der Waals surface area (Å²) in [6, 6.07) is 4.81. The van der Waals surface area contributed by atoms with Gasteiger partial charge >= 0.3 is 0 Å². The van der Waals surface area contributed by atoms with Crippen molar-refractivity contribution in [3.8, 4) is 0 Å². The van der Waals surface area contributed by atoms with Crippen molar-refractivity contribution in [2.24, 2.45) is 11.8 Å². The van der Waals surface area contributed by atoms with Crippen molar-refractivity contribution < 1.29 is 9.18 Å². The summed E-state index contributed by atoms with van der Waals surface area (Å²) in [7, 11) is 0. The average molecular weight is 342 g/mol. The van der Waals surface area contributed by atoms with Crippen molar-refractivity contribution in [1.82, 2.24) is 4.90 Å². The number of benzene rings is 1. The first kappa shape index (κ1) is 15.5. The normalized spacial score (nSPS) is 20.4. The van der Waals surface area contributed by atoms with Gasteiger partial charge in [0.25, 0.3) is 0 Å². The van der Waals surface area contributed by atoms with Gasteiger partial charge in [-0.2, -0.15) is 0 Å². The largest absolute Gasteiger partial charge is 0.338 e. The molecule has 1 atom stereocenters. The molecule has 0 aromatic heterocycles. The van der Waals surface area contributed by atoms with Gasteiger partial charge in [-0.25, -0.2) is 4.39 Å². The highest BCUT2D eigenvalue weighted by Gasteiger charge is 2.24. The minimum absolute atomic E-state index is 0.188. The Morgan fingerprint density at radius 1 is 1.35 bits per heavy atom. The SMILES string of the molecule is CC(C)C1CCC(=O)N(Cc2cc(F)cc(Br)c2)CC1. The van der Waals surface area contributed by atoms with Gasteiger partial charge in [0, 0.05) is 24.0 Å². The molecule has 2 rings (SSSR count). The van der Waals surface area contributed by atoms with Crippen LogP contribution in [0, 0.1) is 17.7 Å². The van der Waals surface area contributed by atoms with Crippen LogP contribution in [0.5, 0.6) is 0 Å². The smallest absolute Gasteiger partial charge is 0.222 e. The molecule has 0 aliphatic carbocycles. The monoisotopic (exact) mass is 341 g/mol. The zero-order chi connectivity index (χ0) is 14.7. The van der Waals surface area contributed by atoms with Crippen molar-refractivity contribution >= 4 is 21.8 Å². The number of rotatable bonds is 3. The highest BCUT2D eigenvalue weighted by atomic mass is 79.9. The summed E-state index contributed by atoms with van der Waals surface area (Å²) in [6.45, 7) is 5.71. The quantitative estimate of drug-likeness (QED) is 0.799. The van der Waals surface area contributed by atoms with Gasteiger partial charge in [-0.1, -0.05) is 29.8 Å². The Labute approximate surface area is 128 Å². The molecule has 1 unspecified atom stereocenters. The predicted octanol–water partition coefficient (Wildman–Crippen LogP) is 4.37. The van der Waals surface area contributed by atoms with Crippen molar-refractivity contribution in [1.29, 1.82) is 0 Å². The lowest BCUT2D eigenvalue weighted by atomic mass is 9.89. The van der Waals surface area contributed by atoms with Crippen LogP contribution in [-0.4, -0.2) is 17.4 Å². The van der Waals surface area contributed by atoms with Crippen LogP contribution in [0.4, 0.5) is 4.39 Å². The molecule has 1 aromatic carbocycles. The van der Waals surface area contributed by atoms with E-state index >= 15 is 0 Å². The first-order valence-corrected chi connectivity index (χ1v) is 7.97. The van der Waals surface area contributed by atoms with E-state index in [1.54, 1.807) is 0 Å². The summed E-state index contributed by atoms with van der Waals surface area (Å²) in [5, 5.41) is 0. The Kier molecular flexibility index (Phi) is 5.19. The molecule has 20 heavy (non-hydrogen) atoms. The topological polar surface area (TPSA) is 20.3 Å². The lowest BCUT2D eigenvalue weighted by molar-refractivity contribution is -0.131. The van der Waals surface area contributed by atoms with Crippen LogP contribution in [0.2, 0.25) is 0 Å². The van der Waals surface area contributed by atoms with Gasteiger partial charge in [0.1, 0.15) is 5.82 Å². The predicted molar refractivity (Wildman–Crippen MR) is 81.7 cm³/mol. The van der Waals surface area contributed by atoms with E-state index in [-0.39, 0.29) is 11.7 Å². The second-order valence-electron chi connectivity index (χ2n) is 5.92. The van der Waals surface area contributed by atoms with Gasteiger partial charge < -0.3 is 4.90 Å². The van der Waals surface area contributed by atoms with E-state index in [1.807, 2.05) is 11.0 Å². The molecular formula is C16H21BrFNO. The van der Waals surface area contributed by atoms with Gasteiger partial charge in [0.2, 0.25) is 5.91 Å². The van der Waals surface area contributed by atoms with Gasteiger partial charge in [0.15, 0.2) is 0 Å². The molecular weight excluding hydrogens is 321 g/mol. The van der Waals surface area contributed by atoms with Crippen LogP contribution >= 0.6 is 15.9 Å². The van der Waals surface area contributed by atoms with Crippen LogP contribution in [0.3, 0.4) is 0 Å². The Bertz CT molecular complexity index is 469. The third kappa shape index (κ3) is 4.05. The number of hydrogen-bond donors (Lipinski definition) is 0. The lowest BCUT2D eigenvalue weighted by Gasteiger charge is -2.22. The van der Waals surface area contributed by atoms with Crippen LogP contribution in [0.15, 0.2) is 22.7 Å². The van der Waals surface area contributed by atoms with E-state index in [1.165, 1.54) is 12.1 Å². The first-order chi connectivity index (χ1) is 9.45. The molecule has 1 aromatic rings. The second-order valence-corrected chi connectivity index (χ2v) is 6.84. The molecule has 1 heterocycles. The first-order valence-electron chi connectivity index (χ1n) is 7.18. The fourth-order valence-corrected chi connectivity index (χ4v) is 3.33. The Balaban J connectivity index is 2.06. The summed E-state index contributed by atoms with van der Waals surface area (Å²) in [5.41, 5.74) is 0.841. The molecule has 110 valence electrons. The highest BCUT2D eigenvalue weighted by Crippen LogP contribution is 2.26. The standard InChI is InChI=1S/C16H21BrFNO/c1-11(2)13-3-4-16(20)19(6-5-13)10-12-7-14(17)9-15(18)8-12/h7-9,11,13H,3-6,10H2,1-2H3. The molecule has 1 aliphatic rings. The molecule has 0 radical (unpaired) electrons. The van der Waals surface area contributed by atoms with Crippen molar-refractivity contribution in [3.63, 3.8) is 0 Å². The molecule has 1 saturated heterocycles. The van der Waals surface area contributed by atoms with Crippen molar-refractivity contribution in [3.05, 3.63) is 34.1 Å². The number of halogens is 2. The fourth-order valence-electron chi connectivity index (χ4n) is 2.81. The molecule has 2 nitrogen and oxygen atoms in total. The van der Waals surface area contributed by atoms with Gasteiger partial charge in [-0.3, -0.25) is 4.79 Å². The minimum Gasteiger partial charge on any atom is -0.338 e. The second kappa shape index (κ2) is 6.70. The molecule has 0 spiro atoms. The maximum atomic E-state index is 13.4. The van der Waals surface area contributed by atoms with Gasteiger partial charge in [-0.05, 0) is 48.4 Å². The number of amides is 1. The average Bonchev–Trinajstić information content (AvgIpc) is 2.51. The molecule has 4 heteroatoms. The van der Waals surface area contributed by atoms with E-state index in [0.717, 1.165) is 29.4 Å². The lowest BCUT2D eigenvalue weighted by Crippen LogP contribution is -2.29. The van der Waals surface area contributed by atoms with Crippen LogP contribution in [0.25, 0.3) is 0 Å². The summed E-state index contributed by atoms with van der Waals surface area (Å²) < 4.78 is 14.1. The summed E-state index contributed by atoms with van der Waals surface area (Å²) >= 11 is 3.29. The summed E-state index contributed by atoms with van der Waals surface area (Å²) in [6.07, 6.45) is 2.62. The van der Waals surface area contributed by atoms with Crippen molar-refractivity contribution in [2.75, 3.05) is 6.54 Å². The number of carbonyl (C=O) groups excluding carboxylic acids is 1. The number of carbonyl (C=O) groups is 1. The number of nitrogens with zero attached hydrogens (tertiary/aromatic N) is 1. The van der Waals surface area contributed by atoms with E-state index in [4.69, 9.17) is 0 Å². The number of hydrogen-bond acceptors (Lipinski definition) is 1. The maximum Gasteiger partial charge on any atom is 0.222 e. The Morgan fingerprint density at radius 2 is 2.10 bits per heavy atom. The zero-order valence-electron chi connectivity index (χ0n) is 12.0. The van der Waals surface area contributed by atoms with Crippen molar-refractivity contribution in [2.45, 2.75) is 39.7 Å². The van der Waals surface area contributed by atoms with E-state index < -0.39 is 0 Å². The van der Waals surface area contributed by atoms with Gasteiger partial charge in [0.05, 0.1) is 0 Å². The molecule has 1 aliphatic heterocycles. The van der Waals surface area contributed by atoms with Crippen LogP contribution < -0.4 is 0 Å². The minimum atomic E-state index is -0.267. The molecule has 1 fully saturated rings. The summed E-state index contributed by atoms with van der Waals surface area (Å²) in [4.78, 5) is 14.0. The number of likely N-dealkylation sites (tertiary alicyclic amines) is 1. The third-order valence-electron chi connectivity index (χ3n) is 4.09. The molecule has 0 saturated carbocycles. The third-order valence-corrected chi connectivity index (χ3v) is 4.55. The van der Waals surface area contributed by atoms with Gasteiger partial charge in [-0.15, -0.1) is 0 Å². The summed E-state index contributed by atoms with van der Waals surface area (Å²) in [5.74, 6) is 1.15. The zero-order valence-corrected chi connectivity index (χ0v) is 13.6.